The van der Waals surface area contributed by atoms with E-state index < -0.39 is 27.9 Å². The maximum absolute atomic E-state index is 13.1. The number of likely N-dealkylation sites (tertiary alicyclic amines) is 1. The normalized spacial score (nSPS) is 16.9. The number of benzene rings is 2. The first-order valence-electron chi connectivity index (χ1n) is 11.0. The lowest BCUT2D eigenvalue weighted by atomic mass is 10.1. The molecule has 1 saturated heterocycles. The third-order valence-corrected chi connectivity index (χ3v) is 7.89. The highest BCUT2D eigenvalue weighted by molar-refractivity contribution is 7.91. The van der Waals surface area contributed by atoms with Crippen molar-refractivity contribution in [3.05, 3.63) is 58.1 Å². The highest BCUT2D eigenvalue weighted by Crippen LogP contribution is 2.30. The van der Waals surface area contributed by atoms with Crippen molar-refractivity contribution in [2.24, 2.45) is 11.7 Å². The van der Waals surface area contributed by atoms with Crippen LogP contribution in [0.1, 0.15) is 34.8 Å². The molecule has 0 saturated carbocycles. The van der Waals surface area contributed by atoms with Gasteiger partial charge in [-0.1, -0.05) is 24.6 Å². The van der Waals surface area contributed by atoms with E-state index in [1.807, 2.05) is 4.90 Å². The van der Waals surface area contributed by atoms with Crippen molar-refractivity contribution < 1.29 is 31.1 Å². The zero-order chi connectivity index (χ0) is 25.8. The topological polar surface area (TPSA) is 102 Å². The van der Waals surface area contributed by atoms with Crippen LogP contribution >= 0.6 is 11.6 Å². The Kier molecular flexibility index (Phi) is 8.68. The van der Waals surface area contributed by atoms with Gasteiger partial charge < -0.3 is 15.8 Å². The summed E-state index contributed by atoms with van der Waals surface area (Å²) in [5.41, 5.74) is 6.20. The molecule has 0 aliphatic carbocycles. The molecule has 1 unspecified atom stereocenters. The highest BCUT2D eigenvalue weighted by Gasteiger charge is 2.33. The lowest BCUT2D eigenvalue weighted by molar-refractivity contribution is -0.275. The van der Waals surface area contributed by atoms with Gasteiger partial charge in [0.25, 0.3) is 5.91 Å². The summed E-state index contributed by atoms with van der Waals surface area (Å²) in [4.78, 5) is 14.8. The first kappa shape index (κ1) is 27.3. The molecule has 3 N–H and O–H groups in total. The predicted octanol–water partition coefficient (Wildman–Crippen LogP) is 3.74. The molecule has 0 radical (unpaired) electrons. The van der Waals surface area contributed by atoms with Gasteiger partial charge in [-0.2, -0.15) is 0 Å². The molecule has 2 aromatic carbocycles. The Morgan fingerprint density at radius 2 is 1.97 bits per heavy atom. The molecule has 0 aromatic heterocycles. The molecule has 2 aromatic rings. The second-order valence-electron chi connectivity index (χ2n) is 8.33. The molecule has 0 spiro atoms. The molecule has 7 nitrogen and oxygen atoms in total. The summed E-state index contributed by atoms with van der Waals surface area (Å²) in [5.74, 6) is -0.996. The van der Waals surface area contributed by atoms with E-state index in [2.05, 4.69) is 10.1 Å². The molecule has 1 aliphatic heterocycles. The van der Waals surface area contributed by atoms with Gasteiger partial charge >= 0.3 is 6.36 Å². The number of alkyl halides is 3. The molecule has 1 amide bonds. The SMILES string of the molecule is CCS(=O)(=O)c1ccc(Cl)cc1CNC(=O)c1ccc(CN2CCC(CN)C2)c(OC(F)(F)F)c1. The maximum atomic E-state index is 13.1. The summed E-state index contributed by atoms with van der Waals surface area (Å²) in [6, 6.07) is 8.10. The quantitative estimate of drug-likeness (QED) is 0.509. The van der Waals surface area contributed by atoms with Crippen LogP contribution < -0.4 is 15.8 Å². The van der Waals surface area contributed by atoms with Gasteiger partial charge in [0.2, 0.25) is 0 Å². The maximum Gasteiger partial charge on any atom is 0.573 e. The third-order valence-electron chi connectivity index (χ3n) is 5.83. The molecule has 1 fully saturated rings. The van der Waals surface area contributed by atoms with Crippen LogP contribution in [0.3, 0.4) is 0 Å². The first-order valence-corrected chi connectivity index (χ1v) is 13.1. The molecule has 1 heterocycles. The number of ether oxygens (including phenoxy) is 1. The number of halogens is 4. The van der Waals surface area contributed by atoms with Gasteiger partial charge in [0, 0.05) is 35.8 Å². The summed E-state index contributed by atoms with van der Waals surface area (Å²) < 4.78 is 68.1. The van der Waals surface area contributed by atoms with E-state index in [1.165, 1.54) is 37.3 Å². The van der Waals surface area contributed by atoms with Crippen molar-refractivity contribution in [1.29, 1.82) is 0 Å². The number of carbonyl (C=O) groups is 1. The van der Waals surface area contributed by atoms with E-state index in [0.717, 1.165) is 12.5 Å². The lowest BCUT2D eigenvalue weighted by Crippen LogP contribution is -2.26. The number of hydrogen-bond donors (Lipinski definition) is 2. The summed E-state index contributed by atoms with van der Waals surface area (Å²) in [7, 11) is -3.58. The number of rotatable bonds is 9. The van der Waals surface area contributed by atoms with Crippen LogP contribution in [-0.4, -0.2) is 51.0 Å². The van der Waals surface area contributed by atoms with Crippen LogP contribution in [0.25, 0.3) is 0 Å². The van der Waals surface area contributed by atoms with Crippen LogP contribution in [-0.2, 0) is 22.9 Å². The van der Waals surface area contributed by atoms with Gasteiger partial charge in [0.1, 0.15) is 5.75 Å². The van der Waals surface area contributed by atoms with E-state index in [4.69, 9.17) is 17.3 Å². The lowest BCUT2D eigenvalue weighted by Gasteiger charge is -2.20. The van der Waals surface area contributed by atoms with Crippen LogP contribution in [0.2, 0.25) is 5.02 Å². The molecular formula is C23H27ClF3N3O4S. The van der Waals surface area contributed by atoms with Gasteiger partial charge in [-0.05, 0) is 61.3 Å². The minimum absolute atomic E-state index is 0.0301. The fraction of sp³-hybridized carbons (Fsp3) is 0.435. The van der Waals surface area contributed by atoms with Crippen LogP contribution in [0.4, 0.5) is 13.2 Å². The molecule has 1 atom stereocenters. The summed E-state index contributed by atoms with van der Waals surface area (Å²) in [6.07, 6.45) is -4.06. The number of amides is 1. The van der Waals surface area contributed by atoms with E-state index in [-0.39, 0.29) is 39.9 Å². The fourth-order valence-corrected chi connectivity index (χ4v) is 5.27. The molecular weight excluding hydrogens is 507 g/mol. The Morgan fingerprint density at radius 3 is 2.60 bits per heavy atom. The van der Waals surface area contributed by atoms with Crippen molar-refractivity contribution in [3.8, 4) is 5.75 Å². The van der Waals surface area contributed by atoms with E-state index in [9.17, 15) is 26.4 Å². The van der Waals surface area contributed by atoms with E-state index >= 15 is 0 Å². The smallest absolute Gasteiger partial charge is 0.405 e. The number of hydrogen-bond acceptors (Lipinski definition) is 6. The third kappa shape index (κ3) is 7.33. The van der Waals surface area contributed by atoms with Gasteiger partial charge in [-0.15, -0.1) is 13.2 Å². The number of sulfone groups is 1. The van der Waals surface area contributed by atoms with Crippen molar-refractivity contribution >= 4 is 27.3 Å². The summed E-state index contributed by atoms with van der Waals surface area (Å²) >= 11 is 5.99. The van der Waals surface area contributed by atoms with Crippen molar-refractivity contribution in [3.63, 3.8) is 0 Å². The van der Waals surface area contributed by atoms with Crippen molar-refractivity contribution in [1.82, 2.24) is 10.2 Å². The monoisotopic (exact) mass is 533 g/mol. The second kappa shape index (κ2) is 11.2. The fourth-order valence-electron chi connectivity index (χ4n) is 3.96. The van der Waals surface area contributed by atoms with E-state index in [1.54, 1.807) is 0 Å². The number of carbonyl (C=O) groups excluding carboxylic acids is 1. The van der Waals surface area contributed by atoms with E-state index in [0.29, 0.717) is 31.1 Å². The molecule has 192 valence electrons. The van der Waals surface area contributed by atoms with Gasteiger partial charge in [0.15, 0.2) is 9.84 Å². The van der Waals surface area contributed by atoms with Crippen LogP contribution in [0, 0.1) is 5.92 Å². The zero-order valence-corrected chi connectivity index (χ0v) is 20.6. The number of nitrogens with one attached hydrogen (secondary N) is 1. The van der Waals surface area contributed by atoms with Gasteiger partial charge in [-0.25, -0.2) is 8.42 Å². The molecule has 12 heteroatoms. The summed E-state index contributed by atoms with van der Waals surface area (Å²) in [5, 5.41) is 2.84. The predicted molar refractivity (Wildman–Crippen MR) is 126 cm³/mol. The average Bonchev–Trinajstić information content (AvgIpc) is 3.25. The standard InChI is InChI=1S/C23H27ClF3N3O4S/c1-2-35(32,33)21-6-5-19(24)9-18(21)12-29-22(31)16-3-4-17(20(10-16)34-23(25,26)27)14-30-8-7-15(11-28)13-30/h3-6,9-10,15H,2,7-8,11-14,28H2,1H3,(H,29,31). The Bertz CT molecular complexity index is 1180. The average molecular weight is 534 g/mol. The van der Waals surface area contributed by atoms with Gasteiger partial charge in [-0.3, -0.25) is 9.69 Å². The molecule has 1 aliphatic rings. The van der Waals surface area contributed by atoms with Crippen LogP contribution in [0.5, 0.6) is 5.75 Å². The summed E-state index contributed by atoms with van der Waals surface area (Å²) in [6.45, 7) is 3.43. The minimum atomic E-state index is -4.93. The Hall–Kier alpha value is -2.34. The Labute approximate surface area is 207 Å². The number of nitrogens with zero attached hydrogens (tertiary/aromatic N) is 1. The Morgan fingerprint density at radius 1 is 1.23 bits per heavy atom. The van der Waals surface area contributed by atoms with Crippen LogP contribution in [0.15, 0.2) is 41.3 Å². The zero-order valence-electron chi connectivity index (χ0n) is 19.1. The van der Waals surface area contributed by atoms with Crippen molar-refractivity contribution in [2.75, 3.05) is 25.4 Å². The Balaban J connectivity index is 1.80. The highest BCUT2D eigenvalue weighted by atomic mass is 35.5. The van der Waals surface area contributed by atoms with Gasteiger partial charge in [0.05, 0.1) is 10.6 Å². The minimum Gasteiger partial charge on any atom is -0.405 e. The molecule has 0 bridgehead atoms. The second-order valence-corrected chi connectivity index (χ2v) is 11.0. The first-order chi connectivity index (χ1) is 16.4. The largest absolute Gasteiger partial charge is 0.573 e. The number of nitrogens with two attached hydrogens (primary N) is 1. The molecule has 35 heavy (non-hydrogen) atoms. The van der Waals surface area contributed by atoms with Crippen molar-refractivity contribution in [2.45, 2.75) is 37.7 Å². The molecule has 3 rings (SSSR count).